The lowest BCUT2D eigenvalue weighted by Gasteiger charge is -2.45. The highest BCUT2D eigenvalue weighted by atomic mass is 16.8. The first-order valence-corrected chi connectivity index (χ1v) is 14.6. The number of ether oxygens (including phenoxy) is 9. The molecule has 4 rings (SSSR count). The Balaban J connectivity index is 1.69. The molecule has 2 aliphatic heterocycles. The zero-order valence-corrected chi connectivity index (χ0v) is 26.3. The molecule has 0 saturated carbocycles. The largest absolute Gasteiger partial charge is 0.471 e. The van der Waals surface area contributed by atoms with Gasteiger partial charge in [-0.05, 0) is 24.1 Å². The monoisotopic (exact) mass is 661 g/mol. The molecule has 3 heterocycles. The number of hydrogen-bond donors (Lipinski definition) is 0. The van der Waals surface area contributed by atoms with Crippen LogP contribution in [-0.4, -0.2) is 91.0 Å². The second kappa shape index (κ2) is 15.6. The van der Waals surface area contributed by atoms with Crippen molar-refractivity contribution in [1.82, 2.24) is 4.98 Å². The van der Waals surface area contributed by atoms with Crippen molar-refractivity contribution in [2.75, 3.05) is 13.2 Å². The summed E-state index contributed by atoms with van der Waals surface area (Å²) in [4.78, 5) is 77.0. The number of carbonyl (C=O) groups is 6. The van der Waals surface area contributed by atoms with Crippen LogP contribution in [0.5, 0.6) is 5.75 Å². The third-order valence-electron chi connectivity index (χ3n) is 7.27. The van der Waals surface area contributed by atoms with Crippen molar-refractivity contribution in [3.05, 3.63) is 48.0 Å². The summed E-state index contributed by atoms with van der Waals surface area (Å²) in [5.74, 6) is -5.40. The van der Waals surface area contributed by atoms with Gasteiger partial charge in [0.25, 0.3) is 0 Å². The smallest absolute Gasteiger partial charge is 0.342 e. The maximum atomic E-state index is 13.2. The van der Waals surface area contributed by atoms with E-state index in [-0.39, 0.29) is 17.9 Å². The van der Waals surface area contributed by atoms with Gasteiger partial charge in [-0.25, -0.2) is 4.79 Å². The normalized spacial score (nSPS) is 27.9. The number of aromatic nitrogens is 1. The molecular weight excluding hydrogens is 626 g/mol. The van der Waals surface area contributed by atoms with Crippen LogP contribution >= 0.6 is 0 Å². The van der Waals surface area contributed by atoms with E-state index in [1.54, 1.807) is 6.08 Å². The average molecular weight is 662 g/mol. The van der Waals surface area contributed by atoms with E-state index in [9.17, 15) is 28.8 Å². The summed E-state index contributed by atoms with van der Waals surface area (Å²) in [5, 5.41) is 0. The number of carbonyl (C=O) groups excluding carboxylic acids is 6. The molecule has 1 aromatic rings. The van der Waals surface area contributed by atoms with E-state index in [0.29, 0.717) is 12.0 Å². The van der Waals surface area contributed by atoms with Crippen LogP contribution in [-0.2, 0) is 66.7 Å². The van der Waals surface area contributed by atoms with Gasteiger partial charge in [0.2, 0.25) is 12.6 Å². The number of hydrogen-bond acceptors (Lipinski definition) is 16. The van der Waals surface area contributed by atoms with E-state index >= 15 is 0 Å². The summed E-state index contributed by atoms with van der Waals surface area (Å²) in [7, 11) is 0. The Hall–Kier alpha value is -4.83. The van der Waals surface area contributed by atoms with Crippen molar-refractivity contribution < 1.29 is 71.4 Å². The molecule has 0 aromatic carbocycles. The third kappa shape index (κ3) is 9.13. The number of allylic oxidation sites excluding steroid dienone is 1. The zero-order chi connectivity index (χ0) is 34.2. The molecule has 1 fully saturated rings. The van der Waals surface area contributed by atoms with Gasteiger partial charge >= 0.3 is 35.8 Å². The van der Waals surface area contributed by atoms with Gasteiger partial charge in [-0.3, -0.25) is 29.0 Å². The van der Waals surface area contributed by atoms with E-state index in [4.69, 9.17) is 42.6 Å². The molecule has 1 aromatic heterocycles. The number of nitrogens with zero attached hydrogens (tertiary/aromatic N) is 1. The molecule has 16 nitrogen and oxygen atoms in total. The molecule has 3 aliphatic rings. The first kappa shape index (κ1) is 35.0. The van der Waals surface area contributed by atoms with E-state index in [1.165, 1.54) is 37.7 Å². The molecule has 0 amide bonds. The van der Waals surface area contributed by atoms with Crippen LogP contribution in [0.1, 0.15) is 41.0 Å². The van der Waals surface area contributed by atoms with Gasteiger partial charge in [0, 0.05) is 52.9 Å². The van der Waals surface area contributed by atoms with Crippen LogP contribution < -0.4 is 4.74 Å². The van der Waals surface area contributed by atoms with Crippen molar-refractivity contribution in [2.45, 2.75) is 78.0 Å². The van der Waals surface area contributed by atoms with Crippen LogP contribution in [0.25, 0.3) is 0 Å². The lowest BCUT2D eigenvalue weighted by molar-refractivity contribution is -0.342. The van der Waals surface area contributed by atoms with E-state index in [2.05, 4.69) is 4.98 Å². The summed E-state index contributed by atoms with van der Waals surface area (Å²) < 4.78 is 50.5. The highest BCUT2D eigenvalue weighted by Crippen LogP contribution is 2.45. The first-order chi connectivity index (χ1) is 22.3. The lowest BCUT2D eigenvalue weighted by atomic mass is 9.83. The molecule has 0 N–H and O–H groups in total. The molecule has 254 valence electrons. The molecule has 1 aliphatic carbocycles. The predicted molar refractivity (Wildman–Crippen MR) is 152 cm³/mol. The lowest BCUT2D eigenvalue weighted by Crippen LogP contribution is -2.63. The van der Waals surface area contributed by atoms with Gasteiger partial charge < -0.3 is 42.6 Å². The van der Waals surface area contributed by atoms with Gasteiger partial charge in [0.05, 0.1) is 17.8 Å². The van der Waals surface area contributed by atoms with Crippen molar-refractivity contribution in [3.63, 3.8) is 0 Å². The van der Waals surface area contributed by atoms with Crippen LogP contribution in [0, 0.1) is 11.8 Å². The van der Waals surface area contributed by atoms with Crippen LogP contribution in [0.15, 0.2) is 48.0 Å². The molecule has 47 heavy (non-hydrogen) atoms. The van der Waals surface area contributed by atoms with Crippen molar-refractivity contribution >= 4 is 35.8 Å². The predicted octanol–water partition coefficient (Wildman–Crippen LogP) is 1.45. The molecular formula is C31H35NO15. The topological polar surface area (TPSA) is 198 Å². The Morgan fingerprint density at radius 2 is 1.40 bits per heavy atom. The fourth-order valence-electron chi connectivity index (χ4n) is 5.48. The Morgan fingerprint density at radius 3 is 2.02 bits per heavy atom. The fraction of sp³-hybridized carbons (Fsp3) is 0.516. The maximum absolute atomic E-state index is 13.2. The van der Waals surface area contributed by atoms with Gasteiger partial charge in [-0.1, -0.05) is 6.08 Å². The minimum Gasteiger partial charge on any atom is -0.471 e. The van der Waals surface area contributed by atoms with Gasteiger partial charge in [0.15, 0.2) is 18.3 Å². The molecule has 0 radical (unpaired) electrons. The Kier molecular flexibility index (Phi) is 11.7. The highest BCUT2D eigenvalue weighted by molar-refractivity contribution is 5.91. The molecule has 1 saturated heterocycles. The van der Waals surface area contributed by atoms with Crippen molar-refractivity contribution in [1.29, 1.82) is 0 Å². The summed E-state index contributed by atoms with van der Waals surface area (Å²) in [5.41, 5.74) is 0.727. The molecule has 0 spiro atoms. The summed E-state index contributed by atoms with van der Waals surface area (Å²) in [6.07, 6.45) is -2.23. The van der Waals surface area contributed by atoms with Gasteiger partial charge in [-0.15, -0.1) is 0 Å². The number of esters is 6. The second-order valence-electron chi connectivity index (χ2n) is 10.8. The first-order valence-electron chi connectivity index (χ1n) is 14.6. The average Bonchev–Trinajstić information content (AvgIpc) is 3.42. The SMILES string of the molecule is CC(=O)OCC1=CC[C@@H]2C(C(=O)Oc3ccncc3)=CO[C@@H](O[C@@H]3O[C@H](COC(C)=O)[C@@H](OC(C)=O)[C@H](OC(C)=O)[C@H]3OC(C)=O)[C@H]12. The van der Waals surface area contributed by atoms with Crippen molar-refractivity contribution in [3.8, 4) is 5.75 Å². The minimum atomic E-state index is -1.56. The zero-order valence-electron chi connectivity index (χ0n) is 26.3. The Morgan fingerprint density at radius 1 is 0.787 bits per heavy atom. The van der Waals surface area contributed by atoms with Crippen LogP contribution in [0.4, 0.5) is 0 Å². The van der Waals surface area contributed by atoms with Gasteiger partial charge in [0.1, 0.15) is 25.1 Å². The standard InChI is InChI=1S/C31H35NO15/c1-15(33)39-12-20-6-7-22-23(29(38)45-21-8-10-32-11-9-21)13-41-30(25(20)22)47-31-28(44-19(5)37)27(43-18(4)36)26(42-17(3)35)24(46-31)14-40-16(2)34/h6,8-11,13,22,24-28,30-31H,7,12,14H2,1-5H3/t22-,24-,25-,26-,27+,28-,30+,31+/m1/s1. The number of pyridine rings is 1. The minimum absolute atomic E-state index is 0.148. The number of rotatable bonds is 11. The molecule has 8 atom stereocenters. The maximum Gasteiger partial charge on any atom is 0.342 e. The summed E-state index contributed by atoms with van der Waals surface area (Å²) in [6, 6.07) is 3.02. The molecule has 16 heteroatoms. The van der Waals surface area contributed by atoms with E-state index in [0.717, 1.165) is 27.7 Å². The van der Waals surface area contributed by atoms with Crippen LogP contribution in [0.3, 0.4) is 0 Å². The molecule has 0 bridgehead atoms. The fourth-order valence-corrected chi connectivity index (χ4v) is 5.48. The van der Waals surface area contributed by atoms with E-state index in [1.807, 2.05) is 0 Å². The quantitative estimate of drug-likeness (QED) is 0.187. The van der Waals surface area contributed by atoms with Crippen LogP contribution in [0.2, 0.25) is 0 Å². The van der Waals surface area contributed by atoms with Crippen molar-refractivity contribution in [2.24, 2.45) is 11.8 Å². The molecule has 0 unspecified atom stereocenters. The summed E-state index contributed by atoms with van der Waals surface area (Å²) >= 11 is 0. The Labute approximate surface area is 269 Å². The van der Waals surface area contributed by atoms with E-state index < -0.39 is 91.3 Å². The van der Waals surface area contributed by atoms with Gasteiger partial charge in [-0.2, -0.15) is 0 Å². The third-order valence-corrected chi connectivity index (χ3v) is 7.27. The highest BCUT2D eigenvalue weighted by Gasteiger charge is 2.55. The Bertz CT molecular complexity index is 1420. The summed E-state index contributed by atoms with van der Waals surface area (Å²) in [6.45, 7) is 5.09. The second-order valence-corrected chi connectivity index (χ2v) is 10.8. The number of fused-ring (bicyclic) bond motifs is 1.